The van der Waals surface area contributed by atoms with Gasteiger partial charge in [0.25, 0.3) is 5.91 Å². The number of benzene rings is 1. The van der Waals surface area contributed by atoms with Crippen LogP contribution in [0.15, 0.2) is 22.7 Å². The molecule has 9 heteroatoms. The first-order valence-electron chi connectivity index (χ1n) is 5.49. The van der Waals surface area contributed by atoms with Gasteiger partial charge in [-0.15, -0.1) is 10.2 Å². The van der Waals surface area contributed by atoms with Crippen LogP contribution >= 0.6 is 15.9 Å². The summed E-state index contributed by atoms with van der Waals surface area (Å²) in [6.45, 7) is 0.134. The van der Waals surface area contributed by atoms with Gasteiger partial charge in [0.05, 0.1) is 19.2 Å². The minimum Gasteiger partial charge on any atom is -0.465 e. The van der Waals surface area contributed by atoms with E-state index >= 15 is 0 Å². The van der Waals surface area contributed by atoms with Gasteiger partial charge in [0.15, 0.2) is 5.82 Å². The molecule has 0 bridgehead atoms. The molecule has 0 atom stereocenters. The highest BCUT2D eigenvalue weighted by molar-refractivity contribution is 9.10. The molecule has 2 rings (SSSR count). The number of nitrogens with zero attached hydrogens (tertiary/aromatic N) is 3. The molecule has 1 aromatic carbocycles. The van der Waals surface area contributed by atoms with Crippen molar-refractivity contribution in [3.8, 4) is 0 Å². The quantitative estimate of drug-likeness (QED) is 0.792. The first-order valence-corrected chi connectivity index (χ1v) is 6.29. The van der Waals surface area contributed by atoms with Gasteiger partial charge in [0, 0.05) is 10.0 Å². The van der Waals surface area contributed by atoms with Crippen LogP contribution in [0, 0.1) is 0 Å². The molecule has 0 aliphatic carbocycles. The van der Waals surface area contributed by atoms with E-state index in [0.717, 1.165) is 0 Å². The average Bonchev–Trinajstić information content (AvgIpc) is 2.96. The number of nitrogens with one attached hydrogen (secondary N) is 2. The summed E-state index contributed by atoms with van der Waals surface area (Å²) < 4.78 is 5.22. The molecule has 2 aromatic rings. The van der Waals surface area contributed by atoms with E-state index in [1.807, 2.05) is 0 Å². The number of aromatic nitrogens is 4. The molecule has 8 nitrogen and oxygen atoms in total. The van der Waals surface area contributed by atoms with Crippen LogP contribution in [-0.2, 0) is 11.3 Å². The number of methoxy groups -OCH3 is 1. The van der Waals surface area contributed by atoms with Crippen LogP contribution in [0.4, 0.5) is 0 Å². The molecule has 1 heterocycles. The Bertz CT molecular complexity index is 629. The summed E-state index contributed by atoms with van der Waals surface area (Å²) in [6, 6.07) is 4.61. The SMILES string of the molecule is COC(=O)c1cc(Br)cc(C(=O)NCc2nn[nH]n2)c1. The van der Waals surface area contributed by atoms with Crippen molar-refractivity contribution in [1.29, 1.82) is 0 Å². The Kier molecular flexibility index (Phi) is 4.41. The molecule has 2 N–H and O–H groups in total. The molecular formula is C11H10BrN5O3. The molecule has 0 aliphatic heterocycles. The Hall–Kier alpha value is -2.29. The van der Waals surface area contributed by atoms with Gasteiger partial charge < -0.3 is 10.1 Å². The van der Waals surface area contributed by atoms with Crippen molar-refractivity contribution in [3.05, 3.63) is 39.6 Å². The zero-order valence-electron chi connectivity index (χ0n) is 10.4. The van der Waals surface area contributed by atoms with Crippen LogP contribution < -0.4 is 5.32 Å². The lowest BCUT2D eigenvalue weighted by atomic mass is 10.1. The maximum absolute atomic E-state index is 12.0. The number of esters is 1. The second-order valence-electron chi connectivity index (χ2n) is 3.73. The molecule has 0 fully saturated rings. The van der Waals surface area contributed by atoms with Crippen molar-refractivity contribution >= 4 is 27.8 Å². The van der Waals surface area contributed by atoms with Crippen LogP contribution in [0.5, 0.6) is 0 Å². The van der Waals surface area contributed by atoms with Crippen molar-refractivity contribution in [2.24, 2.45) is 0 Å². The number of hydrogen-bond donors (Lipinski definition) is 2. The Morgan fingerprint density at radius 2 is 2.10 bits per heavy atom. The third-order valence-electron chi connectivity index (χ3n) is 2.38. The van der Waals surface area contributed by atoms with Gasteiger partial charge in [0.2, 0.25) is 0 Å². The summed E-state index contributed by atoms with van der Waals surface area (Å²) >= 11 is 3.24. The predicted molar refractivity (Wildman–Crippen MR) is 70.8 cm³/mol. The summed E-state index contributed by atoms with van der Waals surface area (Å²) in [5.74, 6) is -0.513. The lowest BCUT2D eigenvalue weighted by molar-refractivity contribution is 0.0600. The van der Waals surface area contributed by atoms with Gasteiger partial charge in [-0.25, -0.2) is 4.79 Å². The molecule has 0 spiro atoms. The van der Waals surface area contributed by atoms with Crippen LogP contribution in [0.25, 0.3) is 0 Å². The standard InChI is InChI=1S/C11H10BrN5O3/c1-20-11(19)7-2-6(3-8(12)4-7)10(18)13-5-9-14-16-17-15-9/h2-4H,5H2,1H3,(H,13,18)(H,14,15,16,17). The predicted octanol–water partition coefficient (Wildman–Crippen LogP) is 0.679. The molecule has 1 amide bonds. The number of carbonyl (C=O) groups is 2. The Morgan fingerprint density at radius 1 is 1.35 bits per heavy atom. The Balaban J connectivity index is 2.13. The summed E-state index contributed by atoms with van der Waals surface area (Å²) in [5.41, 5.74) is 0.606. The second kappa shape index (κ2) is 6.24. The van der Waals surface area contributed by atoms with Gasteiger partial charge in [-0.1, -0.05) is 21.1 Å². The summed E-state index contributed by atoms with van der Waals surface area (Å²) in [6.07, 6.45) is 0. The maximum atomic E-state index is 12.0. The number of tetrazole rings is 1. The van der Waals surface area contributed by atoms with Crippen LogP contribution in [0.1, 0.15) is 26.5 Å². The van der Waals surface area contributed by atoms with E-state index in [4.69, 9.17) is 0 Å². The normalized spacial score (nSPS) is 10.1. The van der Waals surface area contributed by atoms with E-state index in [2.05, 4.69) is 46.6 Å². The van der Waals surface area contributed by atoms with Gasteiger partial charge in [-0.05, 0) is 18.2 Å². The zero-order chi connectivity index (χ0) is 14.5. The number of carbonyl (C=O) groups excluding carboxylic acids is 2. The number of ether oxygens (including phenoxy) is 1. The average molecular weight is 340 g/mol. The van der Waals surface area contributed by atoms with Crippen LogP contribution in [0.2, 0.25) is 0 Å². The van der Waals surface area contributed by atoms with Crippen molar-refractivity contribution in [2.45, 2.75) is 6.54 Å². The van der Waals surface area contributed by atoms with E-state index in [1.54, 1.807) is 12.1 Å². The minimum absolute atomic E-state index is 0.134. The monoisotopic (exact) mass is 339 g/mol. The number of hydrogen-bond acceptors (Lipinski definition) is 6. The molecule has 0 radical (unpaired) electrons. The number of aromatic amines is 1. The highest BCUT2D eigenvalue weighted by Crippen LogP contribution is 2.16. The van der Waals surface area contributed by atoms with Crippen molar-refractivity contribution < 1.29 is 14.3 Å². The topological polar surface area (TPSA) is 110 Å². The zero-order valence-corrected chi connectivity index (χ0v) is 12.0. The number of amides is 1. The minimum atomic E-state index is -0.515. The van der Waals surface area contributed by atoms with Gasteiger partial charge in [-0.2, -0.15) is 5.21 Å². The van der Waals surface area contributed by atoms with Crippen LogP contribution in [0.3, 0.4) is 0 Å². The third-order valence-corrected chi connectivity index (χ3v) is 2.84. The lowest BCUT2D eigenvalue weighted by Crippen LogP contribution is -2.23. The third kappa shape index (κ3) is 3.38. The molecule has 20 heavy (non-hydrogen) atoms. The summed E-state index contributed by atoms with van der Waals surface area (Å²) in [5, 5.41) is 15.7. The summed E-state index contributed by atoms with van der Waals surface area (Å²) in [4.78, 5) is 23.5. The molecular weight excluding hydrogens is 330 g/mol. The van der Waals surface area contributed by atoms with E-state index in [9.17, 15) is 9.59 Å². The number of H-pyrrole nitrogens is 1. The first kappa shape index (κ1) is 14.1. The fourth-order valence-corrected chi connectivity index (χ4v) is 1.97. The largest absolute Gasteiger partial charge is 0.465 e. The molecule has 0 aliphatic rings. The second-order valence-corrected chi connectivity index (χ2v) is 4.65. The summed E-state index contributed by atoms with van der Waals surface area (Å²) in [7, 11) is 1.28. The number of halogens is 1. The Labute approximate surface area is 122 Å². The molecule has 0 saturated carbocycles. The smallest absolute Gasteiger partial charge is 0.337 e. The highest BCUT2D eigenvalue weighted by Gasteiger charge is 2.13. The maximum Gasteiger partial charge on any atom is 0.337 e. The molecule has 0 unspecified atom stereocenters. The molecule has 1 aromatic heterocycles. The first-order chi connectivity index (χ1) is 9.60. The number of rotatable bonds is 4. The van der Waals surface area contributed by atoms with Gasteiger partial charge in [-0.3, -0.25) is 4.79 Å². The van der Waals surface area contributed by atoms with E-state index in [1.165, 1.54) is 13.2 Å². The van der Waals surface area contributed by atoms with Gasteiger partial charge in [0.1, 0.15) is 0 Å². The van der Waals surface area contributed by atoms with Crippen molar-refractivity contribution in [3.63, 3.8) is 0 Å². The molecule has 0 saturated heterocycles. The van der Waals surface area contributed by atoms with Crippen molar-refractivity contribution in [1.82, 2.24) is 25.9 Å². The van der Waals surface area contributed by atoms with Gasteiger partial charge >= 0.3 is 5.97 Å². The fourth-order valence-electron chi connectivity index (χ4n) is 1.48. The van der Waals surface area contributed by atoms with E-state index < -0.39 is 5.97 Å². The fraction of sp³-hybridized carbons (Fsp3) is 0.182. The van der Waals surface area contributed by atoms with E-state index in [-0.39, 0.29) is 18.0 Å². The van der Waals surface area contributed by atoms with E-state index in [0.29, 0.717) is 15.9 Å². The van der Waals surface area contributed by atoms with Crippen molar-refractivity contribution in [2.75, 3.05) is 7.11 Å². The van der Waals surface area contributed by atoms with Crippen LogP contribution in [-0.4, -0.2) is 39.6 Å². The highest BCUT2D eigenvalue weighted by atomic mass is 79.9. The lowest BCUT2D eigenvalue weighted by Gasteiger charge is -2.06. The Morgan fingerprint density at radius 3 is 2.75 bits per heavy atom. The molecule has 104 valence electrons.